The molecule has 0 bridgehead atoms. The fourth-order valence-corrected chi connectivity index (χ4v) is 2.93. The molecule has 5 heteroatoms. The number of carbonyl (C=O) groups is 1. The van der Waals surface area contributed by atoms with E-state index in [4.69, 9.17) is 0 Å². The number of rotatable bonds is 3. The summed E-state index contributed by atoms with van der Waals surface area (Å²) in [6.07, 6.45) is 1.10. The molecule has 2 rings (SSSR count). The molecule has 0 aromatic heterocycles. The Morgan fingerprint density at radius 2 is 2.00 bits per heavy atom. The van der Waals surface area contributed by atoms with E-state index in [9.17, 15) is 4.79 Å². The van der Waals surface area contributed by atoms with Gasteiger partial charge in [-0.25, -0.2) is 0 Å². The van der Waals surface area contributed by atoms with Gasteiger partial charge in [0.25, 0.3) is 0 Å². The van der Waals surface area contributed by atoms with Gasteiger partial charge in [0.2, 0.25) is 5.91 Å². The van der Waals surface area contributed by atoms with Crippen LogP contribution in [0.25, 0.3) is 0 Å². The average molecular weight is 254 g/mol. The Bertz CT molecular complexity index is 278. The molecule has 2 aliphatic heterocycles. The summed E-state index contributed by atoms with van der Waals surface area (Å²) in [5, 5.41) is 3.33. The zero-order valence-electron chi connectivity index (χ0n) is 11.9. The Balaban J connectivity index is 1.88. The van der Waals surface area contributed by atoms with Crippen LogP contribution < -0.4 is 5.32 Å². The number of piperazine rings is 1. The van der Waals surface area contributed by atoms with Gasteiger partial charge in [-0.3, -0.25) is 9.69 Å². The Labute approximate surface area is 110 Å². The molecule has 2 aliphatic rings. The van der Waals surface area contributed by atoms with Crippen LogP contribution in [0.15, 0.2) is 0 Å². The molecule has 0 radical (unpaired) electrons. The Morgan fingerprint density at radius 3 is 2.56 bits per heavy atom. The van der Waals surface area contributed by atoms with Gasteiger partial charge in [-0.15, -0.1) is 0 Å². The fourth-order valence-electron chi connectivity index (χ4n) is 2.93. The van der Waals surface area contributed by atoms with Gasteiger partial charge in [0.05, 0.1) is 6.04 Å². The number of carbonyl (C=O) groups excluding carboxylic acids is 1. The van der Waals surface area contributed by atoms with Gasteiger partial charge in [-0.05, 0) is 26.9 Å². The molecule has 2 unspecified atom stereocenters. The first-order chi connectivity index (χ1) is 8.59. The molecular formula is C13H26N4O. The zero-order valence-corrected chi connectivity index (χ0v) is 11.9. The molecule has 0 aromatic rings. The van der Waals surface area contributed by atoms with Gasteiger partial charge < -0.3 is 15.1 Å². The van der Waals surface area contributed by atoms with E-state index < -0.39 is 0 Å². The summed E-state index contributed by atoms with van der Waals surface area (Å²) in [5.74, 6) is 0.275. The third-order valence-electron chi connectivity index (χ3n) is 4.32. The first-order valence-corrected chi connectivity index (χ1v) is 6.99. The van der Waals surface area contributed by atoms with E-state index in [0.29, 0.717) is 6.04 Å². The topological polar surface area (TPSA) is 38.8 Å². The minimum atomic E-state index is 0.0167. The van der Waals surface area contributed by atoms with Crippen LogP contribution in [-0.2, 0) is 4.79 Å². The van der Waals surface area contributed by atoms with Gasteiger partial charge in [0.1, 0.15) is 0 Å². The van der Waals surface area contributed by atoms with E-state index in [0.717, 1.165) is 45.7 Å². The highest BCUT2D eigenvalue weighted by molar-refractivity contribution is 5.81. The molecule has 2 saturated heterocycles. The van der Waals surface area contributed by atoms with Crippen molar-refractivity contribution in [2.75, 3.05) is 53.4 Å². The molecule has 0 aromatic carbocycles. The third kappa shape index (κ3) is 3.02. The van der Waals surface area contributed by atoms with Crippen LogP contribution in [0.4, 0.5) is 0 Å². The number of nitrogens with zero attached hydrogens (tertiary/aromatic N) is 3. The lowest BCUT2D eigenvalue weighted by Gasteiger charge is -2.35. The van der Waals surface area contributed by atoms with Crippen LogP contribution in [0.2, 0.25) is 0 Å². The maximum absolute atomic E-state index is 12.5. The van der Waals surface area contributed by atoms with Crippen LogP contribution in [0.1, 0.15) is 13.3 Å². The number of hydrogen-bond acceptors (Lipinski definition) is 4. The van der Waals surface area contributed by atoms with Crippen molar-refractivity contribution in [3.8, 4) is 0 Å². The molecule has 1 N–H and O–H groups in total. The molecule has 1 amide bonds. The number of likely N-dealkylation sites (tertiary alicyclic amines) is 1. The molecule has 104 valence electrons. The average Bonchev–Trinajstić information content (AvgIpc) is 2.84. The van der Waals surface area contributed by atoms with Crippen LogP contribution in [0, 0.1) is 0 Å². The van der Waals surface area contributed by atoms with Crippen LogP contribution >= 0.6 is 0 Å². The maximum atomic E-state index is 12.5. The monoisotopic (exact) mass is 254 g/mol. The van der Waals surface area contributed by atoms with Crippen molar-refractivity contribution in [1.82, 2.24) is 20.0 Å². The number of nitrogens with one attached hydrogen (secondary N) is 1. The van der Waals surface area contributed by atoms with E-state index in [2.05, 4.69) is 22.2 Å². The van der Waals surface area contributed by atoms with Gasteiger partial charge in [-0.1, -0.05) is 0 Å². The number of amides is 1. The lowest BCUT2D eigenvalue weighted by Crippen LogP contribution is -2.54. The number of hydrogen-bond donors (Lipinski definition) is 1. The molecule has 2 atom stereocenters. The molecular weight excluding hydrogens is 228 g/mol. The normalized spacial score (nSPS) is 28.3. The Hall–Kier alpha value is -0.650. The summed E-state index contributed by atoms with van der Waals surface area (Å²) in [4.78, 5) is 19.0. The predicted octanol–water partition coefficient (Wildman–Crippen LogP) is -0.557. The predicted molar refractivity (Wildman–Crippen MR) is 72.6 cm³/mol. The highest BCUT2D eigenvalue weighted by atomic mass is 16.2. The largest absolute Gasteiger partial charge is 0.340 e. The van der Waals surface area contributed by atoms with Crippen molar-refractivity contribution in [3.63, 3.8) is 0 Å². The lowest BCUT2D eigenvalue weighted by molar-refractivity contribution is -0.137. The Morgan fingerprint density at radius 1 is 1.33 bits per heavy atom. The quantitative estimate of drug-likeness (QED) is 0.733. The molecule has 2 fully saturated rings. The first kappa shape index (κ1) is 13.8. The van der Waals surface area contributed by atoms with E-state index in [1.807, 2.05) is 18.9 Å². The van der Waals surface area contributed by atoms with E-state index in [1.165, 1.54) is 0 Å². The molecule has 2 heterocycles. The van der Waals surface area contributed by atoms with Crippen LogP contribution in [0.3, 0.4) is 0 Å². The highest BCUT2D eigenvalue weighted by Crippen LogP contribution is 2.15. The smallest absolute Gasteiger partial charge is 0.239 e. The van der Waals surface area contributed by atoms with E-state index in [-0.39, 0.29) is 11.9 Å². The molecule has 18 heavy (non-hydrogen) atoms. The highest BCUT2D eigenvalue weighted by Gasteiger charge is 2.31. The minimum Gasteiger partial charge on any atom is -0.340 e. The van der Waals surface area contributed by atoms with Crippen molar-refractivity contribution in [2.24, 2.45) is 0 Å². The summed E-state index contributed by atoms with van der Waals surface area (Å²) < 4.78 is 0. The number of likely N-dealkylation sites (N-methyl/N-ethyl adjacent to an activating group) is 2. The minimum absolute atomic E-state index is 0.0167. The summed E-state index contributed by atoms with van der Waals surface area (Å²) in [6.45, 7) is 8.10. The second-order valence-electron chi connectivity index (χ2n) is 5.62. The molecule has 0 spiro atoms. The van der Waals surface area contributed by atoms with Crippen LogP contribution in [0.5, 0.6) is 0 Å². The van der Waals surface area contributed by atoms with E-state index >= 15 is 0 Å². The summed E-state index contributed by atoms with van der Waals surface area (Å²) in [5.41, 5.74) is 0. The third-order valence-corrected chi connectivity index (χ3v) is 4.32. The van der Waals surface area contributed by atoms with Gasteiger partial charge >= 0.3 is 0 Å². The standard InChI is InChI=1S/C13H26N4O/c1-11(17-8-5-14-6-9-17)13(18)16(3)12-4-7-15(2)10-12/h11-12,14H,4-10H2,1-3H3. The van der Waals surface area contributed by atoms with Crippen molar-refractivity contribution in [2.45, 2.75) is 25.4 Å². The second kappa shape index (κ2) is 5.99. The fraction of sp³-hybridized carbons (Fsp3) is 0.923. The summed E-state index contributed by atoms with van der Waals surface area (Å²) in [6, 6.07) is 0.413. The van der Waals surface area contributed by atoms with Crippen molar-refractivity contribution in [1.29, 1.82) is 0 Å². The molecule has 0 aliphatic carbocycles. The zero-order chi connectivity index (χ0) is 13.1. The van der Waals surface area contributed by atoms with Crippen LogP contribution in [-0.4, -0.2) is 86.1 Å². The summed E-state index contributed by atoms with van der Waals surface area (Å²) >= 11 is 0. The van der Waals surface area contributed by atoms with Gasteiger partial charge in [0.15, 0.2) is 0 Å². The lowest BCUT2D eigenvalue weighted by atomic mass is 10.1. The molecule has 0 saturated carbocycles. The molecule has 5 nitrogen and oxygen atoms in total. The second-order valence-corrected chi connectivity index (χ2v) is 5.62. The Kier molecular flexibility index (Phi) is 4.59. The summed E-state index contributed by atoms with van der Waals surface area (Å²) in [7, 11) is 4.09. The van der Waals surface area contributed by atoms with Crippen molar-refractivity contribution >= 4 is 5.91 Å². The van der Waals surface area contributed by atoms with Crippen molar-refractivity contribution < 1.29 is 4.79 Å². The SMILES string of the molecule is CC(C(=O)N(C)C1CCN(C)C1)N1CCNCC1. The van der Waals surface area contributed by atoms with Crippen molar-refractivity contribution in [3.05, 3.63) is 0 Å². The van der Waals surface area contributed by atoms with E-state index in [1.54, 1.807) is 0 Å². The maximum Gasteiger partial charge on any atom is 0.239 e. The van der Waals surface area contributed by atoms with Gasteiger partial charge in [0, 0.05) is 45.8 Å². The van der Waals surface area contributed by atoms with Gasteiger partial charge in [-0.2, -0.15) is 0 Å². The first-order valence-electron chi connectivity index (χ1n) is 6.99.